The molecule has 0 fully saturated rings. The molecule has 0 radical (unpaired) electrons. The van der Waals surface area contributed by atoms with Crippen molar-refractivity contribution in [3.05, 3.63) is 109 Å². The number of unbranched alkanes of at least 4 members (excludes halogenated alkanes) is 19. The summed E-state index contributed by atoms with van der Waals surface area (Å²) in [5.74, 6) is -1.02. The van der Waals surface area contributed by atoms with Crippen LogP contribution >= 0.6 is 0 Å². The smallest absolute Gasteiger partial charge is 0.306 e. The number of rotatable bonds is 47. The quantitative estimate of drug-likeness (QED) is 0.0199. The normalized spacial score (nSPS) is 13.0. The first-order valence-corrected chi connectivity index (χ1v) is 26.9. The summed E-state index contributed by atoms with van der Waals surface area (Å²) in [5, 5.41) is 0. The Hall–Kier alpha value is -3.93. The molecule has 0 aromatic heterocycles. The Kier molecular flexibility index (Phi) is 50.5. The van der Waals surface area contributed by atoms with Crippen LogP contribution < -0.4 is 0 Å². The first-order valence-electron chi connectivity index (χ1n) is 26.9. The van der Waals surface area contributed by atoms with Gasteiger partial charge in [-0.25, -0.2) is 0 Å². The second kappa shape index (κ2) is 53.7. The Morgan fingerprint density at radius 2 is 0.652 bits per heavy atom. The lowest BCUT2D eigenvalue weighted by molar-refractivity contribution is -0.167. The van der Waals surface area contributed by atoms with Crippen LogP contribution in [0.1, 0.15) is 233 Å². The summed E-state index contributed by atoms with van der Waals surface area (Å²) in [5.41, 5.74) is 0. The highest BCUT2D eigenvalue weighted by Gasteiger charge is 2.19. The van der Waals surface area contributed by atoms with Gasteiger partial charge < -0.3 is 14.2 Å². The maximum Gasteiger partial charge on any atom is 0.306 e. The average molecular weight is 915 g/mol. The fourth-order valence-corrected chi connectivity index (χ4v) is 6.97. The minimum atomic E-state index is -0.822. The first kappa shape index (κ1) is 62.1. The van der Waals surface area contributed by atoms with Gasteiger partial charge in [-0.15, -0.1) is 0 Å². The molecule has 374 valence electrons. The highest BCUT2D eigenvalue weighted by atomic mass is 16.6. The van der Waals surface area contributed by atoms with Gasteiger partial charge in [-0.05, 0) is 116 Å². The maximum atomic E-state index is 12.8. The lowest BCUT2D eigenvalue weighted by Gasteiger charge is -2.18. The Balaban J connectivity index is 4.55. The van der Waals surface area contributed by atoms with Gasteiger partial charge in [-0.3, -0.25) is 14.4 Å². The van der Waals surface area contributed by atoms with Gasteiger partial charge in [-0.2, -0.15) is 0 Å². The lowest BCUT2D eigenvalue weighted by atomic mass is 10.1. The first-order chi connectivity index (χ1) is 32.5. The zero-order valence-electron chi connectivity index (χ0n) is 42.7. The number of esters is 3. The largest absolute Gasteiger partial charge is 0.462 e. The van der Waals surface area contributed by atoms with E-state index in [1.54, 1.807) is 0 Å². The van der Waals surface area contributed by atoms with Crippen molar-refractivity contribution < 1.29 is 28.6 Å². The van der Waals surface area contributed by atoms with Crippen molar-refractivity contribution in [1.82, 2.24) is 0 Å². The minimum absolute atomic E-state index is 0.115. The van der Waals surface area contributed by atoms with Gasteiger partial charge in [0.2, 0.25) is 0 Å². The van der Waals surface area contributed by atoms with Gasteiger partial charge >= 0.3 is 17.9 Å². The molecule has 0 saturated heterocycles. The van der Waals surface area contributed by atoms with Crippen molar-refractivity contribution in [2.75, 3.05) is 13.2 Å². The highest BCUT2D eigenvalue weighted by molar-refractivity contribution is 5.71. The number of carbonyl (C=O) groups excluding carboxylic acids is 3. The highest BCUT2D eigenvalue weighted by Crippen LogP contribution is 2.12. The molecule has 6 nitrogen and oxygen atoms in total. The Morgan fingerprint density at radius 3 is 1.12 bits per heavy atom. The van der Waals surface area contributed by atoms with Crippen molar-refractivity contribution >= 4 is 17.9 Å². The van der Waals surface area contributed by atoms with Gasteiger partial charge in [0.25, 0.3) is 0 Å². The molecular formula is C60H98O6. The Morgan fingerprint density at radius 1 is 0.333 bits per heavy atom. The van der Waals surface area contributed by atoms with E-state index in [-0.39, 0.29) is 44.0 Å². The number of hydrogen-bond acceptors (Lipinski definition) is 6. The summed E-state index contributed by atoms with van der Waals surface area (Å²) in [6.45, 7) is 6.40. The van der Waals surface area contributed by atoms with Gasteiger partial charge in [0.15, 0.2) is 6.10 Å². The van der Waals surface area contributed by atoms with Crippen LogP contribution in [0.25, 0.3) is 0 Å². The van der Waals surface area contributed by atoms with E-state index < -0.39 is 6.10 Å². The summed E-state index contributed by atoms with van der Waals surface area (Å²) in [6, 6.07) is 0. The number of hydrogen-bond donors (Lipinski definition) is 0. The fraction of sp³-hybridized carbons (Fsp3) is 0.650. The standard InChI is InChI=1S/C60H98O6/c1-4-7-10-13-16-19-22-25-28-30-33-35-38-41-44-47-50-53-59(62)65-56-57(55-64-58(61)52-49-46-43-40-37-34-31-27-24-21-18-15-12-9-6-3)66-60(63)54-51-48-45-42-39-36-32-29-26-23-20-17-14-11-8-5-2/h8,11,17-18,20-21,24-29,33,35-36,39,41,44,57H,4-7,9-10,12-16,19,22-23,30-32,34,37-38,40,42-43,45-56H2,1-3H3/b11-8-,20-17-,21-18-,27-24-,28-25-,29-26-,35-33-,39-36-,44-41-. The molecule has 0 aliphatic carbocycles. The second-order valence-corrected chi connectivity index (χ2v) is 17.4. The van der Waals surface area contributed by atoms with Crippen LogP contribution in [0.2, 0.25) is 0 Å². The molecule has 0 amide bonds. The lowest BCUT2D eigenvalue weighted by Crippen LogP contribution is -2.30. The molecule has 1 atom stereocenters. The van der Waals surface area contributed by atoms with Crippen molar-refractivity contribution in [3.63, 3.8) is 0 Å². The zero-order chi connectivity index (χ0) is 47.9. The Labute approximate surface area is 406 Å². The molecule has 0 bridgehead atoms. The predicted octanol–water partition coefficient (Wildman–Crippen LogP) is 17.9. The molecule has 0 aliphatic heterocycles. The predicted molar refractivity (Wildman–Crippen MR) is 283 cm³/mol. The molecule has 6 heteroatoms. The van der Waals surface area contributed by atoms with Crippen molar-refractivity contribution in [3.8, 4) is 0 Å². The molecule has 0 aromatic rings. The van der Waals surface area contributed by atoms with Crippen molar-refractivity contribution in [2.24, 2.45) is 0 Å². The SMILES string of the molecule is CC/C=C\C/C=C\C/C=C\C/C=C\CCCCCC(=O)OC(COC(=O)CCC/C=C\C/C=C\C/C=C\CCCCCCCC)COC(=O)CCCCCCCC/C=C\C=C/CCCCC. The van der Waals surface area contributed by atoms with Crippen LogP contribution in [0, 0.1) is 0 Å². The van der Waals surface area contributed by atoms with Crippen molar-refractivity contribution in [2.45, 2.75) is 239 Å². The van der Waals surface area contributed by atoms with E-state index in [4.69, 9.17) is 14.2 Å². The summed E-state index contributed by atoms with van der Waals surface area (Å²) < 4.78 is 16.7. The van der Waals surface area contributed by atoms with Gasteiger partial charge in [0.05, 0.1) is 0 Å². The molecule has 0 aromatic carbocycles. The van der Waals surface area contributed by atoms with Crippen LogP contribution in [0.15, 0.2) is 109 Å². The summed E-state index contributed by atoms with van der Waals surface area (Å²) in [7, 11) is 0. The maximum absolute atomic E-state index is 12.8. The number of allylic oxidation sites excluding steroid dienone is 18. The zero-order valence-corrected chi connectivity index (χ0v) is 42.7. The van der Waals surface area contributed by atoms with E-state index in [0.717, 1.165) is 96.3 Å². The molecule has 0 rings (SSSR count). The molecule has 1 unspecified atom stereocenters. The number of carbonyl (C=O) groups is 3. The third-order valence-electron chi connectivity index (χ3n) is 11.0. The van der Waals surface area contributed by atoms with Crippen molar-refractivity contribution in [1.29, 1.82) is 0 Å². The molecule has 0 aliphatic rings. The second-order valence-electron chi connectivity index (χ2n) is 17.4. The van der Waals surface area contributed by atoms with Crippen LogP contribution in [0.3, 0.4) is 0 Å². The molecular weight excluding hydrogens is 817 g/mol. The van der Waals surface area contributed by atoms with Gasteiger partial charge in [-0.1, -0.05) is 207 Å². The fourth-order valence-electron chi connectivity index (χ4n) is 6.97. The van der Waals surface area contributed by atoms with E-state index in [1.807, 2.05) is 0 Å². The van der Waals surface area contributed by atoms with Gasteiger partial charge in [0.1, 0.15) is 13.2 Å². The molecule has 0 heterocycles. The summed E-state index contributed by atoms with van der Waals surface area (Å²) in [4.78, 5) is 38.0. The third kappa shape index (κ3) is 51.1. The molecule has 0 saturated carbocycles. The van der Waals surface area contributed by atoms with Gasteiger partial charge in [0, 0.05) is 19.3 Å². The molecule has 0 spiro atoms. The van der Waals surface area contributed by atoms with Crippen LogP contribution in [-0.2, 0) is 28.6 Å². The average Bonchev–Trinajstić information content (AvgIpc) is 3.31. The molecule has 66 heavy (non-hydrogen) atoms. The monoisotopic (exact) mass is 915 g/mol. The topological polar surface area (TPSA) is 78.9 Å². The van der Waals surface area contributed by atoms with Crippen LogP contribution in [-0.4, -0.2) is 37.2 Å². The summed E-state index contributed by atoms with van der Waals surface area (Å²) >= 11 is 0. The van der Waals surface area contributed by atoms with Crippen LogP contribution in [0.5, 0.6) is 0 Å². The molecule has 0 N–H and O–H groups in total. The summed E-state index contributed by atoms with van der Waals surface area (Å²) in [6.07, 6.45) is 72.2. The van der Waals surface area contributed by atoms with E-state index >= 15 is 0 Å². The minimum Gasteiger partial charge on any atom is -0.462 e. The Bertz CT molecular complexity index is 1370. The van der Waals surface area contributed by atoms with E-state index in [0.29, 0.717) is 19.3 Å². The van der Waals surface area contributed by atoms with Crippen LogP contribution in [0.4, 0.5) is 0 Å². The number of ether oxygens (including phenoxy) is 3. The van der Waals surface area contributed by atoms with E-state index in [2.05, 4.69) is 130 Å². The van der Waals surface area contributed by atoms with E-state index in [9.17, 15) is 14.4 Å². The van der Waals surface area contributed by atoms with E-state index in [1.165, 1.54) is 83.5 Å². The third-order valence-corrected chi connectivity index (χ3v) is 11.0.